The molecule has 1 aliphatic heterocycles. The van der Waals surface area contributed by atoms with Crippen LogP contribution in [0.2, 0.25) is 0 Å². The van der Waals surface area contributed by atoms with Crippen molar-refractivity contribution in [1.82, 2.24) is 4.90 Å². The molecule has 15 heavy (non-hydrogen) atoms. The molecular formula is C11H22N2S2. The van der Waals surface area contributed by atoms with Gasteiger partial charge in [0.15, 0.2) is 0 Å². The van der Waals surface area contributed by atoms with E-state index in [9.17, 15) is 0 Å². The molecule has 0 atom stereocenters. The van der Waals surface area contributed by atoms with Gasteiger partial charge in [0, 0.05) is 30.0 Å². The minimum atomic E-state index is 0.0276. The summed E-state index contributed by atoms with van der Waals surface area (Å²) in [5.74, 6) is 2.58. The van der Waals surface area contributed by atoms with Gasteiger partial charge in [-0.15, -0.1) is 0 Å². The van der Waals surface area contributed by atoms with Crippen molar-refractivity contribution in [2.24, 2.45) is 11.1 Å². The highest BCUT2D eigenvalue weighted by Gasteiger charge is 2.21. The van der Waals surface area contributed by atoms with E-state index in [-0.39, 0.29) is 5.41 Å². The second-order valence-corrected chi connectivity index (χ2v) is 6.47. The van der Waals surface area contributed by atoms with Gasteiger partial charge in [0.25, 0.3) is 0 Å². The van der Waals surface area contributed by atoms with Crippen LogP contribution in [0.5, 0.6) is 0 Å². The van der Waals surface area contributed by atoms with Gasteiger partial charge in [-0.25, -0.2) is 0 Å². The number of rotatable bonds is 5. The molecule has 0 aromatic rings. The Labute approximate surface area is 103 Å². The molecular weight excluding hydrogens is 224 g/mol. The molecule has 0 radical (unpaired) electrons. The van der Waals surface area contributed by atoms with Gasteiger partial charge in [0.2, 0.25) is 0 Å². The van der Waals surface area contributed by atoms with Crippen molar-refractivity contribution in [3.63, 3.8) is 0 Å². The highest BCUT2D eigenvalue weighted by molar-refractivity contribution is 7.99. The summed E-state index contributed by atoms with van der Waals surface area (Å²) >= 11 is 7.12. The van der Waals surface area contributed by atoms with Gasteiger partial charge >= 0.3 is 0 Å². The molecule has 1 aliphatic rings. The first-order valence-electron chi connectivity index (χ1n) is 5.62. The molecule has 0 aromatic heterocycles. The lowest BCUT2D eigenvalue weighted by molar-refractivity contribution is 0.282. The van der Waals surface area contributed by atoms with Crippen LogP contribution in [0.4, 0.5) is 0 Å². The summed E-state index contributed by atoms with van der Waals surface area (Å²) < 4.78 is 0. The SMILES string of the molecule is CC(C)(CCCN1CCSCC1)C(N)=S. The first-order chi connectivity index (χ1) is 7.02. The van der Waals surface area contributed by atoms with Gasteiger partial charge in [-0.2, -0.15) is 11.8 Å². The highest BCUT2D eigenvalue weighted by atomic mass is 32.2. The first kappa shape index (κ1) is 13.3. The first-order valence-corrected chi connectivity index (χ1v) is 7.19. The smallest absolute Gasteiger partial charge is 0.0784 e. The van der Waals surface area contributed by atoms with E-state index in [0.717, 1.165) is 6.42 Å². The summed E-state index contributed by atoms with van der Waals surface area (Å²) in [6.45, 7) is 7.98. The molecule has 0 aliphatic carbocycles. The Morgan fingerprint density at radius 2 is 2.00 bits per heavy atom. The third-order valence-corrected chi connectivity index (χ3v) is 4.54. The van der Waals surface area contributed by atoms with Crippen LogP contribution in [0.15, 0.2) is 0 Å². The van der Waals surface area contributed by atoms with E-state index in [1.54, 1.807) is 0 Å². The zero-order valence-electron chi connectivity index (χ0n) is 9.79. The van der Waals surface area contributed by atoms with Crippen LogP contribution >= 0.6 is 24.0 Å². The molecule has 0 spiro atoms. The zero-order chi connectivity index (χ0) is 11.3. The molecule has 0 amide bonds. The molecule has 0 bridgehead atoms. The number of nitrogens with zero attached hydrogens (tertiary/aromatic N) is 1. The number of hydrogen-bond acceptors (Lipinski definition) is 3. The molecule has 0 saturated carbocycles. The highest BCUT2D eigenvalue weighted by Crippen LogP contribution is 2.23. The summed E-state index contributed by atoms with van der Waals surface area (Å²) in [5.41, 5.74) is 5.73. The van der Waals surface area contributed by atoms with Crippen molar-refractivity contribution in [2.45, 2.75) is 26.7 Å². The molecule has 1 saturated heterocycles. The Morgan fingerprint density at radius 1 is 1.40 bits per heavy atom. The van der Waals surface area contributed by atoms with Gasteiger partial charge in [-0.1, -0.05) is 26.1 Å². The summed E-state index contributed by atoms with van der Waals surface area (Å²) in [4.78, 5) is 3.20. The molecule has 1 fully saturated rings. The Hall–Kier alpha value is 0.200. The summed E-state index contributed by atoms with van der Waals surface area (Å²) in [5, 5.41) is 0. The Kier molecular flexibility index (Phi) is 5.36. The van der Waals surface area contributed by atoms with E-state index < -0.39 is 0 Å². The maximum Gasteiger partial charge on any atom is 0.0784 e. The van der Waals surface area contributed by atoms with Crippen molar-refractivity contribution >= 4 is 29.0 Å². The molecule has 2 N–H and O–H groups in total. The predicted octanol–water partition coefficient (Wildman–Crippen LogP) is 2.13. The molecule has 2 nitrogen and oxygen atoms in total. The van der Waals surface area contributed by atoms with Crippen LogP contribution in [-0.2, 0) is 0 Å². The van der Waals surface area contributed by atoms with Gasteiger partial charge < -0.3 is 10.6 Å². The minimum Gasteiger partial charge on any atom is -0.393 e. The van der Waals surface area contributed by atoms with E-state index in [1.807, 2.05) is 0 Å². The lowest BCUT2D eigenvalue weighted by atomic mass is 9.88. The summed E-state index contributed by atoms with van der Waals surface area (Å²) in [7, 11) is 0. The average Bonchev–Trinajstić information content (AvgIpc) is 2.19. The minimum absolute atomic E-state index is 0.0276. The van der Waals surface area contributed by atoms with Crippen molar-refractivity contribution in [3.8, 4) is 0 Å². The Morgan fingerprint density at radius 3 is 2.53 bits per heavy atom. The quantitative estimate of drug-likeness (QED) is 0.753. The van der Waals surface area contributed by atoms with Crippen molar-refractivity contribution in [1.29, 1.82) is 0 Å². The second-order valence-electron chi connectivity index (χ2n) is 4.81. The van der Waals surface area contributed by atoms with Gasteiger partial charge in [-0.3, -0.25) is 0 Å². The van der Waals surface area contributed by atoms with Crippen LogP contribution in [0.25, 0.3) is 0 Å². The largest absolute Gasteiger partial charge is 0.393 e. The number of thioether (sulfide) groups is 1. The van der Waals surface area contributed by atoms with Crippen LogP contribution in [-0.4, -0.2) is 41.0 Å². The molecule has 1 heterocycles. The van der Waals surface area contributed by atoms with Crippen LogP contribution in [0.1, 0.15) is 26.7 Å². The average molecular weight is 246 g/mol. The number of hydrogen-bond donors (Lipinski definition) is 1. The standard InChI is InChI=1S/C11H22N2S2/c1-11(2,10(12)14)4-3-5-13-6-8-15-9-7-13/h3-9H2,1-2H3,(H2,12,14). The van der Waals surface area contributed by atoms with E-state index in [2.05, 4.69) is 30.5 Å². The molecule has 0 unspecified atom stereocenters. The fourth-order valence-corrected chi connectivity index (χ4v) is 2.77. The van der Waals surface area contributed by atoms with Crippen molar-refractivity contribution in [3.05, 3.63) is 0 Å². The van der Waals surface area contributed by atoms with Crippen molar-refractivity contribution in [2.75, 3.05) is 31.1 Å². The van der Waals surface area contributed by atoms with Crippen LogP contribution in [0, 0.1) is 5.41 Å². The number of nitrogens with two attached hydrogens (primary N) is 1. The maximum atomic E-state index is 5.70. The Balaban J connectivity index is 2.17. The van der Waals surface area contributed by atoms with Gasteiger partial charge in [0.05, 0.1) is 4.99 Å². The van der Waals surface area contributed by atoms with Crippen LogP contribution in [0.3, 0.4) is 0 Å². The lowest BCUT2D eigenvalue weighted by Gasteiger charge is -2.28. The maximum absolute atomic E-state index is 5.70. The van der Waals surface area contributed by atoms with E-state index in [4.69, 9.17) is 18.0 Å². The summed E-state index contributed by atoms with van der Waals surface area (Å²) in [6.07, 6.45) is 2.31. The predicted molar refractivity (Wildman–Crippen MR) is 73.6 cm³/mol. The second kappa shape index (κ2) is 6.06. The number of thiocarbonyl (C=S) groups is 1. The van der Waals surface area contributed by atoms with Gasteiger partial charge in [0.1, 0.15) is 0 Å². The molecule has 0 aromatic carbocycles. The van der Waals surface area contributed by atoms with E-state index in [1.165, 1.54) is 37.6 Å². The molecule has 88 valence electrons. The monoisotopic (exact) mass is 246 g/mol. The van der Waals surface area contributed by atoms with Crippen LogP contribution < -0.4 is 5.73 Å². The van der Waals surface area contributed by atoms with E-state index >= 15 is 0 Å². The third kappa shape index (κ3) is 4.70. The van der Waals surface area contributed by atoms with Crippen molar-refractivity contribution < 1.29 is 0 Å². The molecule has 1 rings (SSSR count). The van der Waals surface area contributed by atoms with Gasteiger partial charge in [-0.05, 0) is 19.4 Å². The lowest BCUT2D eigenvalue weighted by Crippen LogP contribution is -2.35. The fourth-order valence-electron chi connectivity index (χ4n) is 1.69. The third-order valence-electron chi connectivity index (χ3n) is 3.05. The topological polar surface area (TPSA) is 29.3 Å². The Bertz CT molecular complexity index is 211. The zero-order valence-corrected chi connectivity index (χ0v) is 11.4. The normalized spacial score (nSPS) is 19.1. The summed E-state index contributed by atoms with van der Waals surface area (Å²) in [6, 6.07) is 0. The van der Waals surface area contributed by atoms with E-state index in [0.29, 0.717) is 4.99 Å². The fraction of sp³-hybridized carbons (Fsp3) is 0.909. The molecule has 4 heteroatoms.